The van der Waals surface area contributed by atoms with Crippen molar-refractivity contribution in [3.8, 4) is 0 Å². The van der Waals surface area contributed by atoms with E-state index in [0.717, 1.165) is 0 Å². The predicted molar refractivity (Wildman–Crippen MR) is 238 cm³/mol. The first-order valence-electron chi connectivity index (χ1n) is 21.4. The largest absolute Gasteiger partial charge is 0.480 e. The first-order chi connectivity index (χ1) is 30.3. The number of carboxylic acid groups (broad SMARTS) is 1. The minimum Gasteiger partial charge on any atom is -0.480 e. The van der Waals surface area contributed by atoms with Crippen LogP contribution in [-0.4, -0.2) is 138 Å². The summed E-state index contributed by atoms with van der Waals surface area (Å²) >= 11 is 0. The molecule has 7 atom stereocenters. The zero-order valence-corrected chi connectivity index (χ0v) is 37.1. The summed E-state index contributed by atoms with van der Waals surface area (Å²) in [5.41, 5.74) is 27.9. The van der Waals surface area contributed by atoms with Crippen LogP contribution in [0.2, 0.25) is 0 Å². The molecule has 1 aliphatic heterocycles. The highest BCUT2D eigenvalue weighted by Crippen LogP contribution is 2.21. The fourth-order valence-electron chi connectivity index (χ4n) is 6.86. The molecule has 1 aromatic rings. The topological polar surface area (TPSA) is 387 Å². The van der Waals surface area contributed by atoms with E-state index in [0.29, 0.717) is 18.4 Å². The zero-order chi connectivity index (χ0) is 47.9. The Balaban J connectivity index is 2.19. The molecule has 1 heterocycles. The van der Waals surface area contributed by atoms with Crippen molar-refractivity contribution >= 4 is 59.2 Å². The molecule has 64 heavy (non-hydrogen) atoms. The van der Waals surface area contributed by atoms with Gasteiger partial charge < -0.3 is 70.6 Å². The van der Waals surface area contributed by atoms with E-state index >= 15 is 0 Å². The molecule has 17 N–H and O–H groups in total. The fourth-order valence-corrected chi connectivity index (χ4v) is 6.86. The molecular formula is C41H68N14O9. The van der Waals surface area contributed by atoms with Crippen molar-refractivity contribution in [1.82, 2.24) is 36.8 Å². The number of guanidine groups is 2. The van der Waals surface area contributed by atoms with Crippen molar-refractivity contribution in [3.63, 3.8) is 0 Å². The van der Waals surface area contributed by atoms with Gasteiger partial charge in [0.25, 0.3) is 0 Å². The van der Waals surface area contributed by atoms with Gasteiger partial charge in [0, 0.05) is 26.1 Å². The summed E-state index contributed by atoms with van der Waals surface area (Å²) in [7, 11) is 0. The van der Waals surface area contributed by atoms with Crippen molar-refractivity contribution in [1.29, 1.82) is 0 Å². The van der Waals surface area contributed by atoms with Gasteiger partial charge in [-0.1, -0.05) is 64.4 Å². The van der Waals surface area contributed by atoms with Gasteiger partial charge in [0.1, 0.15) is 36.3 Å². The maximum absolute atomic E-state index is 14.2. The Morgan fingerprint density at radius 2 is 1.34 bits per heavy atom. The van der Waals surface area contributed by atoms with E-state index in [1.165, 1.54) is 4.90 Å². The summed E-state index contributed by atoms with van der Waals surface area (Å²) in [6.45, 7) is 6.45. The molecule has 0 spiro atoms. The van der Waals surface area contributed by atoms with Crippen LogP contribution < -0.4 is 60.6 Å². The number of aliphatic imine (C=N–C) groups is 2. The quantitative estimate of drug-likeness (QED) is 0.0233. The second-order valence-electron chi connectivity index (χ2n) is 15.9. The lowest BCUT2D eigenvalue weighted by Crippen LogP contribution is -2.59. The number of nitrogens with zero attached hydrogens (tertiary/aromatic N) is 3. The van der Waals surface area contributed by atoms with Crippen molar-refractivity contribution < 1.29 is 43.5 Å². The van der Waals surface area contributed by atoms with Crippen LogP contribution in [-0.2, 0) is 44.8 Å². The first kappa shape index (κ1) is 53.6. The maximum atomic E-state index is 14.2. The van der Waals surface area contributed by atoms with E-state index in [1.807, 2.05) is 6.92 Å². The van der Waals surface area contributed by atoms with Gasteiger partial charge in [-0.3, -0.25) is 43.5 Å². The van der Waals surface area contributed by atoms with Gasteiger partial charge in [0.15, 0.2) is 11.9 Å². The molecule has 1 fully saturated rings. The number of hydrogen-bond acceptors (Lipinski definition) is 11. The molecule has 0 aliphatic carbocycles. The van der Waals surface area contributed by atoms with E-state index in [-0.39, 0.29) is 82.5 Å². The minimum absolute atomic E-state index is 0.0190. The second-order valence-corrected chi connectivity index (χ2v) is 15.9. The standard InChI is InChI=1S/C41H68N14O9/c1-5-24(4)33(53-30(56)21-42)37(61)51-27(15-10-18-48-41(45)46)38(62)55-19-11-16-29(55)35(59)54-32(23(2)3)36(60)49-22-31(57)50-26(14-9-17-47-40(43)44)34(58)52-28(39(63)64)20-25-12-7-6-8-13-25/h6-8,12-13,23-24,26-29,32-33H,5,9-11,14-22,42H2,1-4H3,(H,49,60)(H,50,57)(H,51,61)(H,52,58)(H,53,56)(H,54,59)(H,63,64)(H4,43,44,47)(H4,45,46,48). The monoisotopic (exact) mass is 901 g/mol. The first-order valence-corrected chi connectivity index (χ1v) is 21.4. The Labute approximate surface area is 373 Å². The third-order valence-corrected chi connectivity index (χ3v) is 10.6. The Morgan fingerprint density at radius 3 is 1.89 bits per heavy atom. The number of carbonyl (C=O) groups excluding carboxylic acids is 7. The van der Waals surface area contributed by atoms with Crippen LogP contribution in [0.3, 0.4) is 0 Å². The van der Waals surface area contributed by atoms with Gasteiger partial charge in [-0.25, -0.2) is 4.79 Å². The number of nitrogens with one attached hydrogen (secondary N) is 6. The zero-order valence-electron chi connectivity index (χ0n) is 37.1. The number of rotatable bonds is 27. The summed E-state index contributed by atoms with van der Waals surface area (Å²) in [5.74, 6) is -7.05. The number of aliphatic carboxylic acids is 1. The van der Waals surface area contributed by atoms with Crippen molar-refractivity contribution in [2.45, 2.75) is 115 Å². The average Bonchev–Trinajstić information content (AvgIpc) is 3.75. The van der Waals surface area contributed by atoms with E-state index < -0.39 is 96.0 Å². The minimum atomic E-state index is -1.31. The van der Waals surface area contributed by atoms with Gasteiger partial charge in [0.05, 0.1) is 13.1 Å². The molecule has 356 valence electrons. The van der Waals surface area contributed by atoms with Crippen LogP contribution >= 0.6 is 0 Å². The average molecular weight is 901 g/mol. The van der Waals surface area contributed by atoms with Crippen LogP contribution in [0.5, 0.6) is 0 Å². The number of carbonyl (C=O) groups is 8. The van der Waals surface area contributed by atoms with Crippen molar-refractivity contribution in [2.75, 3.05) is 32.7 Å². The third-order valence-electron chi connectivity index (χ3n) is 10.6. The number of hydrogen-bond donors (Lipinski definition) is 12. The molecule has 1 aliphatic rings. The maximum Gasteiger partial charge on any atom is 0.326 e. The molecule has 0 bridgehead atoms. The summed E-state index contributed by atoms with van der Waals surface area (Å²) in [4.78, 5) is 115. The Hall–Kier alpha value is -6.52. The Morgan fingerprint density at radius 1 is 0.750 bits per heavy atom. The van der Waals surface area contributed by atoms with Gasteiger partial charge in [0.2, 0.25) is 41.4 Å². The van der Waals surface area contributed by atoms with E-state index in [4.69, 9.17) is 28.7 Å². The summed E-state index contributed by atoms with van der Waals surface area (Å²) in [6, 6.07) is 1.82. The molecule has 23 heteroatoms. The van der Waals surface area contributed by atoms with Gasteiger partial charge in [-0.15, -0.1) is 0 Å². The number of likely N-dealkylation sites (tertiary alicyclic amines) is 1. The molecule has 23 nitrogen and oxygen atoms in total. The van der Waals surface area contributed by atoms with Crippen LogP contribution in [0.25, 0.3) is 0 Å². The summed E-state index contributed by atoms with van der Waals surface area (Å²) in [6.07, 6.45) is 1.84. The van der Waals surface area contributed by atoms with Crippen molar-refractivity contribution in [3.05, 3.63) is 35.9 Å². The van der Waals surface area contributed by atoms with Crippen LogP contribution in [0.4, 0.5) is 0 Å². The van der Waals surface area contributed by atoms with Crippen molar-refractivity contribution in [2.24, 2.45) is 50.5 Å². The SMILES string of the molecule is CCC(C)C(NC(=O)CN)C(=O)NC(CCCN=C(N)N)C(=O)N1CCCC1C(=O)NC(C(=O)NCC(=O)NC(CCCN=C(N)N)C(=O)NC(Cc1ccccc1)C(=O)O)C(C)C. The number of carboxylic acids is 1. The van der Waals surface area contributed by atoms with Crippen LogP contribution in [0.15, 0.2) is 40.3 Å². The molecule has 7 unspecified atom stereocenters. The van der Waals surface area contributed by atoms with Crippen LogP contribution in [0, 0.1) is 11.8 Å². The third kappa shape index (κ3) is 18.4. The molecule has 7 amide bonds. The smallest absolute Gasteiger partial charge is 0.326 e. The molecule has 2 rings (SSSR count). The number of benzene rings is 1. The normalized spacial score (nSPS) is 16.1. The molecular weight excluding hydrogens is 833 g/mol. The summed E-state index contributed by atoms with van der Waals surface area (Å²) < 4.78 is 0. The molecule has 1 saturated heterocycles. The highest BCUT2D eigenvalue weighted by molar-refractivity contribution is 5.97. The lowest BCUT2D eigenvalue weighted by atomic mass is 9.97. The number of nitrogens with two attached hydrogens (primary N) is 5. The van der Waals surface area contributed by atoms with Gasteiger partial charge in [-0.05, 0) is 55.9 Å². The lowest BCUT2D eigenvalue weighted by Gasteiger charge is -2.32. The van der Waals surface area contributed by atoms with E-state index in [1.54, 1.807) is 51.1 Å². The highest BCUT2D eigenvalue weighted by atomic mass is 16.4. The molecule has 0 aromatic heterocycles. The molecule has 0 radical (unpaired) electrons. The van der Waals surface area contributed by atoms with Gasteiger partial charge in [-0.2, -0.15) is 0 Å². The Bertz CT molecular complexity index is 1800. The van der Waals surface area contributed by atoms with E-state index in [9.17, 15) is 43.5 Å². The van der Waals surface area contributed by atoms with E-state index in [2.05, 4.69) is 41.9 Å². The lowest BCUT2D eigenvalue weighted by molar-refractivity contribution is -0.143. The van der Waals surface area contributed by atoms with Gasteiger partial charge >= 0.3 is 5.97 Å². The predicted octanol–water partition coefficient (Wildman–Crippen LogP) is -3.39. The second kappa shape index (κ2) is 27.5. The van der Waals surface area contributed by atoms with Crippen LogP contribution in [0.1, 0.15) is 78.2 Å². The molecule has 1 aromatic carbocycles. The number of amides is 7. The highest BCUT2D eigenvalue weighted by Gasteiger charge is 2.40. The fraction of sp³-hybridized carbons (Fsp3) is 0.610. The molecule has 0 saturated carbocycles. The Kier molecular flexibility index (Phi) is 23.1. The summed E-state index contributed by atoms with van der Waals surface area (Å²) in [5, 5.41) is 25.4.